The van der Waals surface area contributed by atoms with Gasteiger partial charge in [0.2, 0.25) is 5.91 Å². The van der Waals surface area contributed by atoms with Crippen LogP contribution in [0.5, 0.6) is 0 Å². The van der Waals surface area contributed by atoms with Gasteiger partial charge in [-0.25, -0.2) is 0 Å². The van der Waals surface area contributed by atoms with Crippen molar-refractivity contribution in [3.05, 3.63) is 0 Å². The maximum Gasteiger partial charge on any atom is 0.226 e. The predicted molar refractivity (Wildman–Crippen MR) is 57.1 cm³/mol. The molecule has 0 aromatic carbocycles. The Morgan fingerprint density at radius 1 is 1.33 bits per heavy atom. The first kappa shape index (κ1) is 10.9. The number of aliphatic hydroxyl groups excluding tert-OH is 1. The Morgan fingerprint density at radius 2 is 2.07 bits per heavy atom. The second kappa shape index (κ2) is 4.49. The van der Waals surface area contributed by atoms with Gasteiger partial charge in [0.05, 0.1) is 6.61 Å². The number of carbonyl (C=O) groups excluding carboxylic acids is 1. The van der Waals surface area contributed by atoms with Gasteiger partial charge < -0.3 is 15.7 Å². The molecule has 4 nitrogen and oxygen atoms in total. The van der Waals surface area contributed by atoms with Crippen molar-refractivity contribution in [3.63, 3.8) is 0 Å². The molecule has 2 unspecified atom stereocenters. The van der Waals surface area contributed by atoms with E-state index in [1.165, 1.54) is 0 Å². The molecule has 3 N–H and O–H groups in total. The molecule has 0 aromatic rings. The lowest BCUT2D eigenvalue weighted by Crippen LogP contribution is -2.39. The maximum atomic E-state index is 12.1. The van der Waals surface area contributed by atoms with Gasteiger partial charge in [-0.05, 0) is 32.1 Å². The number of hydrogen-bond acceptors (Lipinski definition) is 3. The number of nitrogens with two attached hydrogens (primary N) is 1. The van der Waals surface area contributed by atoms with Gasteiger partial charge in [-0.2, -0.15) is 0 Å². The van der Waals surface area contributed by atoms with Gasteiger partial charge >= 0.3 is 0 Å². The molecule has 2 fully saturated rings. The molecule has 0 radical (unpaired) electrons. The molecule has 2 aliphatic rings. The molecule has 0 bridgehead atoms. The average Bonchev–Trinajstić information content (AvgIpc) is 2.96. The molecule has 2 saturated carbocycles. The highest BCUT2D eigenvalue weighted by Crippen LogP contribution is 2.32. The van der Waals surface area contributed by atoms with Crippen LogP contribution in [0.25, 0.3) is 0 Å². The van der Waals surface area contributed by atoms with Crippen molar-refractivity contribution in [2.75, 3.05) is 13.2 Å². The summed E-state index contributed by atoms with van der Waals surface area (Å²) in [4.78, 5) is 14.0. The van der Waals surface area contributed by atoms with Crippen molar-refractivity contribution in [2.24, 2.45) is 11.7 Å². The van der Waals surface area contributed by atoms with Crippen molar-refractivity contribution in [1.82, 2.24) is 4.90 Å². The molecule has 0 spiro atoms. The molecular formula is C11H20N2O2. The van der Waals surface area contributed by atoms with Crippen LogP contribution in [0.1, 0.15) is 32.1 Å². The van der Waals surface area contributed by atoms with E-state index in [2.05, 4.69) is 0 Å². The summed E-state index contributed by atoms with van der Waals surface area (Å²) in [6.07, 6.45) is 4.92. The maximum absolute atomic E-state index is 12.1. The molecule has 2 rings (SSSR count). The first-order chi connectivity index (χ1) is 7.22. The Kier molecular flexibility index (Phi) is 3.26. The highest BCUT2D eigenvalue weighted by atomic mass is 16.3. The van der Waals surface area contributed by atoms with E-state index >= 15 is 0 Å². The lowest BCUT2D eigenvalue weighted by atomic mass is 10.1. The van der Waals surface area contributed by atoms with E-state index in [0.717, 1.165) is 32.1 Å². The third-order valence-electron chi connectivity index (χ3n) is 3.43. The fourth-order valence-corrected chi connectivity index (χ4v) is 2.44. The van der Waals surface area contributed by atoms with Crippen LogP contribution >= 0.6 is 0 Å². The van der Waals surface area contributed by atoms with Crippen molar-refractivity contribution in [1.29, 1.82) is 0 Å². The topological polar surface area (TPSA) is 66.6 Å². The van der Waals surface area contributed by atoms with E-state index in [0.29, 0.717) is 12.6 Å². The fourth-order valence-electron chi connectivity index (χ4n) is 2.44. The van der Waals surface area contributed by atoms with Gasteiger partial charge in [-0.15, -0.1) is 0 Å². The summed E-state index contributed by atoms with van der Waals surface area (Å²) in [6, 6.07) is 0.607. The molecule has 4 heteroatoms. The van der Waals surface area contributed by atoms with Crippen LogP contribution in [0.4, 0.5) is 0 Å². The van der Waals surface area contributed by atoms with Gasteiger partial charge in [0.15, 0.2) is 0 Å². The number of carbonyl (C=O) groups is 1. The van der Waals surface area contributed by atoms with Crippen molar-refractivity contribution >= 4 is 5.91 Å². The minimum atomic E-state index is 0.0704. The highest BCUT2D eigenvalue weighted by molar-refractivity contribution is 5.79. The zero-order valence-corrected chi connectivity index (χ0v) is 9.06. The summed E-state index contributed by atoms with van der Waals surface area (Å²) >= 11 is 0. The summed E-state index contributed by atoms with van der Waals surface area (Å²) in [7, 11) is 0. The smallest absolute Gasteiger partial charge is 0.226 e. The molecule has 0 saturated heterocycles. The van der Waals surface area contributed by atoms with Gasteiger partial charge in [0.25, 0.3) is 0 Å². The lowest BCUT2D eigenvalue weighted by molar-refractivity contribution is -0.136. The minimum Gasteiger partial charge on any atom is -0.395 e. The third-order valence-corrected chi connectivity index (χ3v) is 3.43. The van der Waals surface area contributed by atoms with E-state index in [9.17, 15) is 4.79 Å². The Balaban J connectivity index is 1.91. The Morgan fingerprint density at radius 3 is 2.53 bits per heavy atom. The van der Waals surface area contributed by atoms with Gasteiger partial charge in [0.1, 0.15) is 0 Å². The SMILES string of the molecule is NC1CCC(C(=O)N(CCO)C2CC2)C1. The quantitative estimate of drug-likeness (QED) is 0.694. The van der Waals surface area contributed by atoms with Gasteiger partial charge in [-0.1, -0.05) is 0 Å². The molecule has 2 aliphatic carbocycles. The average molecular weight is 212 g/mol. The van der Waals surface area contributed by atoms with E-state index < -0.39 is 0 Å². The van der Waals surface area contributed by atoms with E-state index in [1.807, 2.05) is 4.90 Å². The van der Waals surface area contributed by atoms with Gasteiger partial charge in [0, 0.05) is 24.5 Å². The van der Waals surface area contributed by atoms with Crippen LogP contribution in [0.15, 0.2) is 0 Å². The number of nitrogens with zero attached hydrogens (tertiary/aromatic N) is 1. The summed E-state index contributed by atoms with van der Waals surface area (Å²) in [5.41, 5.74) is 5.81. The van der Waals surface area contributed by atoms with Crippen molar-refractivity contribution in [2.45, 2.75) is 44.2 Å². The number of aliphatic hydroxyl groups is 1. The zero-order valence-electron chi connectivity index (χ0n) is 9.06. The van der Waals surface area contributed by atoms with Gasteiger partial charge in [-0.3, -0.25) is 4.79 Å². The highest BCUT2D eigenvalue weighted by Gasteiger charge is 2.37. The fraction of sp³-hybridized carbons (Fsp3) is 0.909. The predicted octanol–water partition coefficient (Wildman–Crippen LogP) is 0.0971. The number of hydrogen-bond donors (Lipinski definition) is 2. The van der Waals surface area contributed by atoms with Crippen molar-refractivity contribution < 1.29 is 9.90 Å². The van der Waals surface area contributed by atoms with E-state index in [1.54, 1.807) is 0 Å². The first-order valence-electron chi connectivity index (χ1n) is 5.89. The number of rotatable bonds is 4. The Labute approximate surface area is 90.4 Å². The zero-order chi connectivity index (χ0) is 10.8. The largest absolute Gasteiger partial charge is 0.395 e. The molecule has 2 atom stereocenters. The Bertz CT molecular complexity index is 241. The second-order valence-corrected chi connectivity index (χ2v) is 4.76. The van der Waals surface area contributed by atoms with Crippen LogP contribution in [0.3, 0.4) is 0 Å². The molecule has 0 aliphatic heterocycles. The third kappa shape index (κ3) is 2.49. The standard InChI is InChI=1S/C11H20N2O2/c12-9-2-1-8(7-9)11(15)13(5-6-14)10-3-4-10/h8-10,14H,1-7,12H2. The van der Waals surface area contributed by atoms with Crippen LogP contribution in [0.2, 0.25) is 0 Å². The van der Waals surface area contributed by atoms with Crippen molar-refractivity contribution in [3.8, 4) is 0 Å². The van der Waals surface area contributed by atoms with E-state index in [4.69, 9.17) is 10.8 Å². The minimum absolute atomic E-state index is 0.0704. The molecule has 1 amide bonds. The second-order valence-electron chi connectivity index (χ2n) is 4.76. The normalized spacial score (nSPS) is 30.5. The van der Waals surface area contributed by atoms with Crippen LogP contribution in [-0.2, 0) is 4.79 Å². The molecular weight excluding hydrogens is 192 g/mol. The molecule has 0 aromatic heterocycles. The van der Waals surface area contributed by atoms with Crippen LogP contribution in [-0.4, -0.2) is 41.1 Å². The summed E-state index contributed by atoms with van der Waals surface area (Å²) in [5.74, 6) is 0.339. The Hall–Kier alpha value is -0.610. The summed E-state index contributed by atoms with van der Waals surface area (Å²) in [6.45, 7) is 0.566. The molecule has 86 valence electrons. The monoisotopic (exact) mass is 212 g/mol. The summed E-state index contributed by atoms with van der Waals surface area (Å²) < 4.78 is 0. The first-order valence-corrected chi connectivity index (χ1v) is 5.89. The summed E-state index contributed by atoms with van der Waals surface area (Å²) in [5, 5.41) is 8.94. The van der Waals surface area contributed by atoms with E-state index in [-0.39, 0.29) is 24.5 Å². The lowest BCUT2D eigenvalue weighted by Gasteiger charge is -2.24. The van der Waals surface area contributed by atoms with Crippen LogP contribution < -0.4 is 5.73 Å². The number of amides is 1. The molecule has 15 heavy (non-hydrogen) atoms. The molecule has 0 heterocycles. The van der Waals surface area contributed by atoms with Crippen LogP contribution in [0, 0.1) is 5.92 Å².